The number of carboxylic acid groups (broad SMARTS) is 1. The summed E-state index contributed by atoms with van der Waals surface area (Å²) < 4.78 is 49.3. The van der Waals surface area contributed by atoms with Crippen LogP contribution in [0, 0.1) is 17.5 Å². The molecule has 1 N–H and O–H groups in total. The molecule has 12 heteroatoms. The summed E-state index contributed by atoms with van der Waals surface area (Å²) in [6.45, 7) is 1.90. The third-order valence-corrected chi connectivity index (χ3v) is 7.42. The SMILES string of the molecule is C[N+](C)(C)n1cc(CN2CCCC3(CC2)CN(c2ccc(C(=O)O)cc2)C(=O)O3)c(-c2c(F)cc(F)cc2F)n1. The molecule has 0 saturated carbocycles. The second-order valence-corrected chi connectivity index (χ2v) is 11.2. The van der Waals surface area contributed by atoms with Gasteiger partial charge in [0, 0.05) is 42.9 Å². The van der Waals surface area contributed by atoms with Crippen molar-refractivity contribution in [2.24, 2.45) is 0 Å². The molecule has 2 aromatic carbocycles. The molecule has 1 spiro atoms. The average Bonchev–Trinajstić information content (AvgIpc) is 3.36. The Morgan fingerprint density at radius 1 is 1.07 bits per heavy atom. The molecule has 0 bridgehead atoms. The molecule has 0 radical (unpaired) electrons. The Kier molecular flexibility index (Phi) is 7.09. The summed E-state index contributed by atoms with van der Waals surface area (Å²) in [6, 6.07) is 7.38. The third kappa shape index (κ3) is 5.41. The molecule has 2 fully saturated rings. The zero-order valence-electron chi connectivity index (χ0n) is 22.5. The number of carboxylic acids is 1. The van der Waals surface area contributed by atoms with E-state index in [4.69, 9.17) is 9.84 Å². The lowest BCUT2D eigenvalue weighted by molar-refractivity contribution is 0.0443. The van der Waals surface area contributed by atoms with Crippen molar-refractivity contribution in [1.29, 1.82) is 0 Å². The predicted octanol–water partition coefficient (Wildman–Crippen LogP) is 4.38. The highest BCUT2D eigenvalue weighted by Gasteiger charge is 2.46. The van der Waals surface area contributed by atoms with Gasteiger partial charge >= 0.3 is 12.1 Å². The molecule has 1 atom stereocenters. The van der Waals surface area contributed by atoms with Crippen LogP contribution in [0.2, 0.25) is 0 Å². The highest BCUT2D eigenvalue weighted by atomic mass is 19.1. The van der Waals surface area contributed by atoms with Gasteiger partial charge in [-0.05, 0) is 43.7 Å². The minimum atomic E-state index is -1.05. The molecule has 2 saturated heterocycles. The molecule has 2 aliphatic rings. The van der Waals surface area contributed by atoms with Crippen molar-refractivity contribution in [2.45, 2.75) is 31.4 Å². The van der Waals surface area contributed by atoms with Gasteiger partial charge in [0.1, 0.15) is 28.7 Å². The normalized spacial score (nSPS) is 20.1. The van der Waals surface area contributed by atoms with Crippen molar-refractivity contribution < 1.29 is 32.6 Å². The van der Waals surface area contributed by atoms with E-state index in [1.807, 2.05) is 21.1 Å². The number of carbonyl (C=O) groups is 2. The summed E-state index contributed by atoms with van der Waals surface area (Å²) in [6.07, 6.45) is 3.16. The van der Waals surface area contributed by atoms with Crippen molar-refractivity contribution in [1.82, 2.24) is 19.4 Å². The largest absolute Gasteiger partial charge is 0.478 e. The van der Waals surface area contributed by atoms with Crippen LogP contribution in [0.5, 0.6) is 0 Å². The highest BCUT2D eigenvalue weighted by Crippen LogP contribution is 2.37. The van der Waals surface area contributed by atoms with Gasteiger partial charge in [-0.25, -0.2) is 27.4 Å². The van der Waals surface area contributed by atoms with E-state index in [1.54, 1.807) is 23.1 Å². The first-order chi connectivity index (χ1) is 18.8. The Hall–Kier alpha value is -3.90. The first-order valence-electron chi connectivity index (χ1n) is 13.0. The number of halogens is 3. The van der Waals surface area contributed by atoms with Crippen LogP contribution in [0.25, 0.3) is 11.3 Å². The number of aromatic carboxylic acids is 1. The smallest absolute Gasteiger partial charge is 0.415 e. The van der Waals surface area contributed by atoms with Crippen molar-refractivity contribution >= 4 is 17.7 Å². The minimum Gasteiger partial charge on any atom is -0.478 e. The van der Waals surface area contributed by atoms with E-state index in [0.29, 0.717) is 62.4 Å². The zero-order valence-corrected chi connectivity index (χ0v) is 22.5. The van der Waals surface area contributed by atoms with Gasteiger partial charge in [0.2, 0.25) is 0 Å². The summed E-state index contributed by atoms with van der Waals surface area (Å²) in [7, 11) is 5.59. The number of anilines is 1. The second kappa shape index (κ2) is 10.3. The van der Waals surface area contributed by atoms with Gasteiger partial charge in [-0.1, -0.05) is 0 Å². The first kappa shape index (κ1) is 27.7. The summed E-state index contributed by atoms with van der Waals surface area (Å²) in [5.74, 6) is -4.08. The second-order valence-electron chi connectivity index (χ2n) is 11.2. The average molecular weight is 559 g/mol. The Balaban J connectivity index is 1.35. The molecule has 0 aliphatic carbocycles. The van der Waals surface area contributed by atoms with Gasteiger partial charge in [0.25, 0.3) is 0 Å². The van der Waals surface area contributed by atoms with Gasteiger partial charge in [-0.3, -0.25) is 9.80 Å². The number of hydrogen-bond acceptors (Lipinski definition) is 5. The van der Waals surface area contributed by atoms with Crippen LogP contribution in [-0.4, -0.2) is 78.3 Å². The Labute approximate surface area is 229 Å². The predicted molar refractivity (Wildman–Crippen MR) is 142 cm³/mol. The maximum Gasteiger partial charge on any atom is 0.415 e. The Morgan fingerprint density at radius 3 is 2.38 bits per heavy atom. The molecule has 212 valence electrons. The first-order valence-corrected chi connectivity index (χ1v) is 13.0. The zero-order chi connectivity index (χ0) is 28.8. The summed E-state index contributed by atoms with van der Waals surface area (Å²) >= 11 is 0. The molecule has 3 heterocycles. The fourth-order valence-electron chi connectivity index (χ4n) is 5.29. The van der Waals surface area contributed by atoms with Gasteiger partial charge in [0.15, 0.2) is 0 Å². The maximum atomic E-state index is 14.8. The molecule has 1 aromatic heterocycles. The molecule has 9 nitrogen and oxygen atoms in total. The van der Waals surface area contributed by atoms with Crippen molar-refractivity contribution in [3.63, 3.8) is 0 Å². The molecule has 5 rings (SSSR count). The number of carbonyl (C=O) groups excluding carboxylic acids is 1. The minimum absolute atomic E-state index is 0.116. The standard InChI is InChI=1S/C28H30F3N5O4/c1-36(2,3)35-16-19(25(32-35)24-22(30)13-20(29)14-23(24)31)15-33-11-4-9-28(10-12-33)17-34(27(39)40-28)21-7-5-18(6-8-21)26(37)38/h5-8,13-14,16H,4,9-12,15,17H2,1-3H3/p+1. The van der Waals surface area contributed by atoms with E-state index >= 15 is 0 Å². The lowest BCUT2D eigenvalue weighted by Gasteiger charge is -2.25. The number of likely N-dealkylation sites (tertiary alicyclic amines) is 1. The topological polar surface area (TPSA) is 87.9 Å². The molecular weight excluding hydrogens is 527 g/mol. The van der Waals surface area contributed by atoms with Crippen molar-refractivity contribution in [3.8, 4) is 11.3 Å². The van der Waals surface area contributed by atoms with Gasteiger partial charge < -0.3 is 9.84 Å². The number of quaternary nitrogens is 1. The fourth-order valence-corrected chi connectivity index (χ4v) is 5.29. The molecule has 1 amide bonds. The number of rotatable bonds is 6. The summed E-state index contributed by atoms with van der Waals surface area (Å²) in [5.41, 5.74) is 0.325. The highest BCUT2D eigenvalue weighted by molar-refractivity contribution is 5.92. The van der Waals surface area contributed by atoms with E-state index in [-0.39, 0.29) is 21.4 Å². The maximum absolute atomic E-state index is 14.8. The fraction of sp³-hybridized carbons (Fsp3) is 0.393. The Morgan fingerprint density at radius 2 is 1.75 bits per heavy atom. The monoisotopic (exact) mass is 558 g/mol. The van der Waals surface area contributed by atoms with Gasteiger partial charge in [0.05, 0.1) is 45.0 Å². The summed E-state index contributed by atoms with van der Waals surface area (Å²) in [4.78, 5) is 29.2. The van der Waals surface area contributed by atoms with Crippen LogP contribution in [-0.2, 0) is 11.3 Å². The van der Waals surface area contributed by atoms with E-state index in [1.165, 1.54) is 17.0 Å². The molecule has 40 heavy (non-hydrogen) atoms. The number of aromatic nitrogens is 2. The number of nitrogens with zero attached hydrogens (tertiary/aromatic N) is 5. The van der Waals surface area contributed by atoms with Crippen LogP contribution < -0.4 is 9.49 Å². The van der Waals surface area contributed by atoms with Crippen molar-refractivity contribution in [3.05, 3.63) is 71.2 Å². The number of hydrogen-bond donors (Lipinski definition) is 1. The third-order valence-electron chi connectivity index (χ3n) is 7.42. The van der Waals surface area contributed by atoms with Crippen LogP contribution >= 0.6 is 0 Å². The number of amides is 1. The van der Waals surface area contributed by atoms with E-state index in [9.17, 15) is 22.8 Å². The molecule has 1 unspecified atom stereocenters. The van der Waals surface area contributed by atoms with Crippen LogP contribution in [0.3, 0.4) is 0 Å². The molecular formula is C28H31F3N5O4+. The van der Waals surface area contributed by atoms with E-state index < -0.39 is 35.1 Å². The van der Waals surface area contributed by atoms with Gasteiger partial charge in [-0.15, -0.1) is 9.89 Å². The van der Waals surface area contributed by atoms with Gasteiger partial charge in [-0.2, -0.15) is 0 Å². The molecule has 3 aromatic rings. The van der Waals surface area contributed by atoms with Crippen LogP contribution in [0.4, 0.5) is 23.7 Å². The number of ether oxygens (including phenoxy) is 1. The molecule has 2 aliphatic heterocycles. The van der Waals surface area contributed by atoms with Crippen LogP contribution in [0.15, 0.2) is 42.6 Å². The quantitative estimate of drug-likeness (QED) is 0.452. The lowest BCUT2D eigenvalue weighted by atomic mass is 9.94. The lowest BCUT2D eigenvalue weighted by Crippen LogP contribution is -2.46. The van der Waals surface area contributed by atoms with E-state index in [0.717, 1.165) is 6.42 Å². The van der Waals surface area contributed by atoms with Crippen LogP contribution in [0.1, 0.15) is 35.2 Å². The Bertz CT molecular complexity index is 1430. The summed E-state index contributed by atoms with van der Waals surface area (Å²) in [5, 5.41) is 13.6. The van der Waals surface area contributed by atoms with Crippen molar-refractivity contribution in [2.75, 3.05) is 45.7 Å². The van der Waals surface area contributed by atoms with E-state index in [2.05, 4.69) is 10.00 Å². The number of benzene rings is 2.